The molecule has 0 aromatic carbocycles. The lowest BCUT2D eigenvalue weighted by Gasteiger charge is -2.02. The standard InChI is InChI=1S/C8H9FN2O/c1-2-7-8(9)6(10)3-5(4-12)11-7/h3-4H,2H2,1H3,(H2,10,11). The number of nitrogens with zero attached hydrogens (tertiary/aromatic N) is 1. The molecular formula is C8H9FN2O. The number of hydrogen-bond acceptors (Lipinski definition) is 3. The van der Waals surface area contributed by atoms with Crippen LogP contribution in [0.1, 0.15) is 23.1 Å². The normalized spacial score (nSPS) is 9.83. The van der Waals surface area contributed by atoms with Gasteiger partial charge in [-0.3, -0.25) is 4.79 Å². The Morgan fingerprint density at radius 1 is 1.75 bits per heavy atom. The fourth-order valence-electron chi connectivity index (χ4n) is 0.921. The molecule has 64 valence electrons. The predicted molar refractivity (Wildman–Crippen MR) is 43.4 cm³/mol. The van der Waals surface area contributed by atoms with Crippen LogP contribution >= 0.6 is 0 Å². The van der Waals surface area contributed by atoms with Gasteiger partial charge in [0.25, 0.3) is 0 Å². The smallest absolute Gasteiger partial charge is 0.168 e. The van der Waals surface area contributed by atoms with Gasteiger partial charge in [-0.1, -0.05) is 6.92 Å². The van der Waals surface area contributed by atoms with E-state index >= 15 is 0 Å². The van der Waals surface area contributed by atoms with Crippen LogP contribution < -0.4 is 5.73 Å². The van der Waals surface area contributed by atoms with Crippen molar-refractivity contribution in [1.82, 2.24) is 4.98 Å². The lowest BCUT2D eigenvalue weighted by atomic mass is 10.2. The number of anilines is 1. The van der Waals surface area contributed by atoms with E-state index in [1.165, 1.54) is 6.07 Å². The molecule has 4 heteroatoms. The number of nitrogen functional groups attached to an aromatic ring is 1. The van der Waals surface area contributed by atoms with E-state index in [2.05, 4.69) is 4.98 Å². The average molecular weight is 168 g/mol. The van der Waals surface area contributed by atoms with Crippen molar-refractivity contribution in [2.75, 3.05) is 5.73 Å². The van der Waals surface area contributed by atoms with Gasteiger partial charge in [0, 0.05) is 0 Å². The minimum absolute atomic E-state index is 0.0241. The predicted octanol–water partition coefficient (Wildman–Crippen LogP) is 1.18. The van der Waals surface area contributed by atoms with Gasteiger partial charge >= 0.3 is 0 Å². The highest BCUT2D eigenvalue weighted by Gasteiger charge is 2.07. The van der Waals surface area contributed by atoms with Crippen LogP contribution in [-0.4, -0.2) is 11.3 Å². The number of carbonyl (C=O) groups excluding carboxylic acids is 1. The zero-order valence-corrected chi connectivity index (χ0v) is 6.67. The number of nitrogens with two attached hydrogens (primary N) is 1. The molecule has 0 aliphatic heterocycles. The van der Waals surface area contributed by atoms with Crippen molar-refractivity contribution in [3.8, 4) is 0 Å². The average Bonchev–Trinajstić information content (AvgIpc) is 2.09. The van der Waals surface area contributed by atoms with E-state index in [0.717, 1.165) is 0 Å². The number of halogens is 1. The monoisotopic (exact) mass is 168 g/mol. The first-order chi connectivity index (χ1) is 5.69. The molecule has 0 unspecified atom stereocenters. The molecule has 2 N–H and O–H groups in total. The van der Waals surface area contributed by atoms with Gasteiger partial charge in [0.1, 0.15) is 5.69 Å². The van der Waals surface area contributed by atoms with Crippen molar-refractivity contribution in [3.63, 3.8) is 0 Å². The number of hydrogen-bond donors (Lipinski definition) is 1. The lowest BCUT2D eigenvalue weighted by Crippen LogP contribution is -2.02. The van der Waals surface area contributed by atoms with Gasteiger partial charge in [-0.05, 0) is 12.5 Å². The molecule has 0 aliphatic carbocycles. The second kappa shape index (κ2) is 3.30. The Labute approximate surface area is 69.4 Å². The molecule has 1 aromatic rings. The van der Waals surface area contributed by atoms with Crippen LogP contribution in [0.4, 0.5) is 10.1 Å². The molecule has 0 radical (unpaired) electrons. The molecule has 1 aromatic heterocycles. The van der Waals surface area contributed by atoms with Crippen LogP contribution in [0, 0.1) is 5.82 Å². The van der Waals surface area contributed by atoms with Gasteiger partial charge in [0.15, 0.2) is 12.1 Å². The number of pyridine rings is 1. The van der Waals surface area contributed by atoms with E-state index in [4.69, 9.17) is 5.73 Å². The van der Waals surface area contributed by atoms with E-state index in [0.29, 0.717) is 12.7 Å². The molecule has 0 bridgehead atoms. The van der Waals surface area contributed by atoms with Crippen LogP contribution in [0.25, 0.3) is 0 Å². The number of aldehydes is 1. The molecule has 12 heavy (non-hydrogen) atoms. The maximum Gasteiger partial charge on any atom is 0.168 e. The fraction of sp³-hybridized carbons (Fsp3) is 0.250. The Bertz CT molecular complexity index is 312. The molecule has 1 rings (SSSR count). The summed E-state index contributed by atoms with van der Waals surface area (Å²) in [7, 11) is 0. The van der Waals surface area contributed by atoms with E-state index in [1.807, 2.05) is 0 Å². The van der Waals surface area contributed by atoms with Gasteiger partial charge in [-0.2, -0.15) is 0 Å². The summed E-state index contributed by atoms with van der Waals surface area (Å²) in [4.78, 5) is 14.0. The summed E-state index contributed by atoms with van der Waals surface area (Å²) >= 11 is 0. The molecule has 0 saturated heterocycles. The number of rotatable bonds is 2. The van der Waals surface area contributed by atoms with Crippen LogP contribution in [0.3, 0.4) is 0 Å². The first kappa shape index (κ1) is 8.64. The van der Waals surface area contributed by atoms with Crippen LogP contribution in [0.2, 0.25) is 0 Å². The number of aromatic nitrogens is 1. The van der Waals surface area contributed by atoms with Crippen molar-refractivity contribution in [1.29, 1.82) is 0 Å². The fourth-order valence-corrected chi connectivity index (χ4v) is 0.921. The molecule has 1 heterocycles. The summed E-state index contributed by atoms with van der Waals surface area (Å²) in [5.74, 6) is -0.525. The lowest BCUT2D eigenvalue weighted by molar-refractivity contribution is 0.111. The Morgan fingerprint density at radius 3 is 2.92 bits per heavy atom. The quantitative estimate of drug-likeness (QED) is 0.674. The second-order valence-corrected chi connectivity index (χ2v) is 2.37. The van der Waals surface area contributed by atoms with Crippen LogP contribution in [0.15, 0.2) is 6.07 Å². The highest BCUT2D eigenvalue weighted by Crippen LogP contribution is 2.14. The van der Waals surface area contributed by atoms with Crippen LogP contribution in [-0.2, 0) is 6.42 Å². The summed E-state index contributed by atoms with van der Waals surface area (Å²) in [6.07, 6.45) is 0.979. The highest BCUT2D eigenvalue weighted by molar-refractivity contribution is 5.73. The van der Waals surface area contributed by atoms with Gasteiger partial charge in [0.2, 0.25) is 0 Å². The SMILES string of the molecule is CCc1nc(C=O)cc(N)c1F. The minimum atomic E-state index is -0.525. The van der Waals surface area contributed by atoms with Crippen LogP contribution in [0.5, 0.6) is 0 Å². The van der Waals surface area contributed by atoms with E-state index in [1.54, 1.807) is 6.92 Å². The summed E-state index contributed by atoms with van der Waals surface area (Å²) in [5.41, 5.74) is 5.68. The molecule has 0 atom stereocenters. The third-order valence-corrected chi connectivity index (χ3v) is 1.53. The number of carbonyl (C=O) groups is 1. The molecule has 0 fully saturated rings. The third-order valence-electron chi connectivity index (χ3n) is 1.53. The summed E-state index contributed by atoms with van der Waals surface area (Å²) in [5, 5.41) is 0. The van der Waals surface area contributed by atoms with E-state index in [-0.39, 0.29) is 17.1 Å². The van der Waals surface area contributed by atoms with Crippen molar-refractivity contribution in [2.45, 2.75) is 13.3 Å². The van der Waals surface area contributed by atoms with Gasteiger partial charge in [0.05, 0.1) is 11.4 Å². The molecule has 0 saturated carbocycles. The van der Waals surface area contributed by atoms with Gasteiger partial charge < -0.3 is 5.73 Å². The minimum Gasteiger partial charge on any atom is -0.396 e. The van der Waals surface area contributed by atoms with Crippen molar-refractivity contribution >= 4 is 12.0 Å². The van der Waals surface area contributed by atoms with Crippen molar-refractivity contribution < 1.29 is 9.18 Å². The van der Waals surface area contributed by atoms with Crippen molar-refractivity contribution in [2.24, 2.45) is 0 Å². The number of aryl methyl sites for hydroxylation is 1. The van der Waals surface area contributed by atoms with Crippen molar-refractivity contribution in [3.05, 3.63) is 23.3 Å². The molecule has 0 amide bonds. The van der Waals surface area contributed by atoms with Gasteiger partial charge in [-0.15, -0.1) is 0 Å². The largest absolute Gasteiger partial charge is 0.396 e. The Hall–Kier alpha value is -1.45. The molecule has 0 spiro atoms. The first-order valence-electron chi connectivity index (χ1n) is 3.59. The molecule has 0 aliphatic rings. The Kier molecular flexibility index (Phi) is 2.38. The molecule has 3 nitrogen and oxygen atoms in total. The topological polar surface area (TPSA) is 56.0 Å². The molecular weight excluding hydrogens is 159 g/mol. The first-order valence-corrected chi connectivity index (χ1v) is 3.59. The zero-order chi connectivity index (χ0) is 9.14. The summed E-state index contributed by atoms with van der Waals surface area (Å²) in [6, 6.07) is 1.22. The van der Waals surface area contributed by atoms with Gasteiger partial charge in [-0.25, -0.2) is 9.37 Å². The Morgan fingerprint density at radius 2 is 2.42 bits per heavy atom. The highest BCUT2D eigenvalue weighted by atomic mass is 19.1. The second-order valence-electron chi connectivity index (χ2n) is 2.37. The summed E-state index contributed by atoms with van der Waals surface area (Å²) < 4.78 is 13.0. The third kappa shape index (κ3) is 1.42. The maximum absolute atomic E-state index is 13.0. The van der Waals surface area contributed by atoms with E-state index < -0.39 is 5.82 Å². The van der Waals surface area contributed by atoms with E-state index in [9.17, 15) is 9.18 Å². The zero-order valence-electron chi connectivity index (χ0n) is 6.67. The maximum atomic E-state index is 13.0. The Balaban J connectivity index is 3.28. The summed E-state index contributed by atoms with van der Waals surface area (Å²) in [6.45, 7) is 1.75.